The molecule has 0 unspecified atom stereocenters. The largest absolute Gasteiger partial charge is 0.481 e. The number of carbonyl (C=O) groups is 1. The average Bonchev–Trinajstić information content (AvgIpc) is 3.06. The molecule has 0 aliphatic carbocycles. The van der Waals surface area contributed by atoms with Gasteiger partial charge >= 0.3 is 0 Å². The molecule has 3 aromatic rings. The summed E-state index contributed by atoms with van der Waals surface area (Å²) in [6.07, 6.45) is 7.01. The summed E-state index contributed by atoms with van der Waals surface area (Å²) in [5.41, 5.74) is 2.01. The Morgan fingerprint density at radius 3 is 2.77 bits per heavy atom. The number of nitrogens with one attached hydrogen (secondary N) is 1. The van der Waals surface area contributed by atoms with Crippen molar-refractivity contribution < 1.29 is 9.53 Å². The lowest BCUT2D eigenvalue weighted by atomic mass is 10.1. The van der Waals surface area contributed by atoms with Crippen molar-refractivity contribution >= 4 is 11.6 Å². The van der Waals surface area contributed by atoms with Crippen LogP contribution in [0.4, 0.5) is 0 Å². The van der Waals surface area contributed by atoms with E-state index in [4.69, 9.17) is 11.2 Å². The van der Waals surface area contributed by atoms with Gasteiger partial charge in [0, 0.05) is 11.8 Å². The Kier molecular flexibility index (Phi) is 4.34. The van der Waals surface area contributed by atoms with E-state index in [9.17, 15) is 4.79 Å². The molecule has 3 heterocycles. The second kappa shape index (κ2) is 6.48. The number of rotatable bonds is 4. The molecule has 1 amide bonds. The summed E-state index contributed by atoms with van der Waals surface area (Å²) in [6.45, 7) is 5.40. The Morgan fingerprint density at radius 2 is 2.08 bits per heavy atom. The van der Waals surface area contributed by atoms with Crippen LogP contribution < -0.4 is 10.1 Å². The van der Waals surface area contributed by atoms with Gasteiger partial charge < -0.3 is 10.1 Å². The predicted octanol–water partition coefficient (Wildman–Crippen LogP) is 2.25. The minimum absolute atomic E-state index is 0.209. The Bertz CT molecular complexity index is 1030. The van der Waals surface area contributed by atoms with Gasteiger partial charge in [-0.2, -0.15) is 0 Å². The number of pyridine rings is 1. The molecule has 1 N–H and O–H groups in total. The molecular formula is C19H19N5O2. The van der Waals surface area contributed by atoms with E-state index in [2.05, 4.69) is 26.2 Å². The van der Waals surface area contributed by atoms with Crippen molar-refractivity contribution in [3.8, 4) is 29.6 Å². The van der Waals surface area contributed by atoms with Crippen molar-refractivity contribution in [3.63, 3.8) is 0 Å². The minimum atomic E-state index is -0.784. The fourth-order valence-electron chi connectivity index (χ4n) is 2.46. The number of terminal acetylenes is 1. The molecule has 0 saturated heterocycles. The molecule has 0 aliphatic heterocycles. The Morgan fingerprint density at radius 1 is 1.31 bits per heavy atom. The Labute approximate surface area is 151 Å². The summed E-state index contributed by atoms with van der Waals surface area (Å²) in [5.74, 6) is 2.65. The first-order valence-electron chi connectivity index (χ1n) is 8.01. The zero-order chi connectivity index (χ0) is 18.9. The topological polar surface area (TPSA) is 81.4 Å². The number of carbonyl (C=O) groups excluding carboxylic acids is 1. The smallest absolute Gasteiger partial charge is 0.274 e. The molecule has 0 radical (unpaired) electrons. The molecular weight excluding hydrogens is 330 g/mol. The average molecular weight is 349 g/mol. The Hall–Kier alpha value is -3.40. The van der Waals surface area contributed by atoms with Gasteiger partial charge in [-0.1, -0.05) is 12.0 Å². The van der Waals surface area contributed by atoms with E-state index in [-0.39, 0.29) is 11.6 Å². The first-order chi connectivity index (χ1) is 12.3. The molecule has 0 atom stereocenters. The van der Waals surface area contributed by atoms with E-state index < -0.39 is 5.54 Å². The van der Waals surface area contributed by atoms with Crippen LogP contribution in [-0.2, 0) is 0 Å². The molecule has 7 nitrogen and oxygen atoms in total. The fraction of sp³-hybridized carbons (Fsp3) is 0.263. The van der Waals surface area contributed by atoms with Crippen molar-refractivity contribution in [3.05, 3.63) is 42.0 Å². The fourth-order valence-corrected chi connectivity index (χ4v) is 2.46. The lowest BCUT2D eigenvalue weighted by molar-refractivity contribution is 0.0927. The zero-order valence-corrected chi connectivity index (χ0v) is 15.1. The number of aryl methyl sites for hydroxylation is 1. The highest BCUT2D eigenvalue weighted by Crippen LogP contribution is 2.21. The molecule has 0 saturated carbocycles. The van der Waals surface area contributed by atoms with Crippen LogP contribution in [0.3, 0.4) is 0 Å². The highest BCUT2D eigenvalue weighted by molar-refractivity contribution is 5.98. The van der Waals surface area contributed by atoms with E-state index in [1.165, 1.54) is 0 Å². The molecule has 132 valence electrons. The van der Waals surface area contributed by atoms with Crippen LogP contribution in [0, 0.1) is 19.3 Å². The van der Waals surface area contributed by atoms with Crippen molar-refractivity contribution in [1.82, 2.24) is 24.7 Å². The van der Waals surface area contributed by atoms with Gasteiger partial charge in [-0.3, -0.25) is 9.20 Å². The van der Waals surface area contributed by atoms with Crippen LogP contribution in [0.2, 0.25) is 0 Å². The molecule has 0 fully saturated rings. The third kappa shape index (κ3) is 3.22. The maximum Gasteiger partial charge on any atom is 0.274 e. The maximum absolute atomic E-state index is 12.6. The summed E-state index contributed by atoms with van der Waals surface area (Å²) in [7, 11) is 1.56. The summed E-state index contributed by atoms with van der Waals surface area (Å²) in [4.78, 5) is 25.8. The van der Waals surface area contributed by atoms with E-state index in [1.54, 1.807) is 37.8 Å². The Balaban J connectivity index is 2.10. The number of aromatic nitrogens is 4. The predicted molar refractivity (Wildman–Crippen MR) is 97.9 cm³/mol. The van der Waals surface area contributed by atoms with Crippen LogP contribution >= 0.6 is 0 Å². The number of nitrogens with zero attached hydrogens (tertiary/aromatic N) is 4. The second-order valence-electron chi connectivity index (χ2n) is 6.36. The summed E-state index contributed by atoms with van der Waals surface area (Å²) in [6, 6.07) is 7.30. The summed E-state index contributed by atoms with van der Waals surface area (Å²) in [5, 5.41) is 2.77. The number of imidazole rings is 1. The van der Waals surface area contributed by atoms with Gasteiger partial charge in [0.25, 0.3) is 5.91 Å². The molecule has 26 heavy (non-hydrogen) atoms. The molecule has 0 spiro atoms. The molecule has 7 heteroatoms. The first-order valence-corrected chi connectivity index (χ1v) is 8.01. The zero-order valence-electron chi connectivity index (χ0n) is 15.1. The standard InChI is InChI=1S/C19H19N5O2/c1-6-19(3,4)23-18(25)16-17-22-14(10-12(2)24(17)11-20-16)13-8-7-9-15(21-13)26-5/h1,7-11H,2-5H3,(H,23,25). The van der Waals surface area contributed by atoms with Gasteiger partial charge in [-0.15, -0.1) is 6.42 Å². The minimum Gasteiger partial charge on any atom is -0.481 e. The van der Waals surface area contributed by atoms with Crippen molar-refractivity contribution in [1.29, 1.82) is 0 Å². The summed E-state index contributed by atoms with van der Waals surface area (Å²) >= 11 is 0. The number of hydrogen-bond donors (Lipinski definition) is 1. The number of methoxy groups -OCH3 is 1. The highest BCUT2D eigenvalue weighted by Gasteiger charge is 2.23. The van der Waals surface area contributed by atoms with Crippen molar-refractivity contribution in [2.45, 2.75) is 26.3 Å². The van der Waals surface area contributed by atoms with Crippen LogP contribution in [-0.4, -0.2) is 37.9 Å². The number of amides is 1. The van der Waals surface area contributed by atoms with Gasteiger partial charge in [-0.25, -0.2) is 15.0 Å². The third-order valence-electron chi connectivity index (χ3n) is 3.89. The second-order valence-corrected chi connectivity index (χ2v) is 6.36. The quantitative estimate of drug-likeness (QED) is 0.731. The van der Waals surface area contributed by atoms with Crippen molar-refractivity contribution in [2.75, 3.05) is 7.11 Å². The SMILES string of the molecule is C#CC(C)(C)NC(=O)c1ncn2c(C)cc(-c3cccc(OC)n3)nc12. The van der Waals surface area contributed by atoms with Crippen LogP contribution in [0.25, 0.3) is 17.0 Å². The number of fused-ring (bicyclic) bond motifs is 1. The van der Waals surface area contributed by atoms with Gasteiger partial charge in [-0.05, 0) is 32.9 Å². The van der Waals surface area contributed by atoms with Crippen LogP contribution in [0.5, 0.6) is 5.88 Å². The van der Waals surface area contributed by atoms with E-state index >= 15 is 0 Å². The van der Waals surface area contributed by atoms with Crippen molar-refractivity contribution in [2.24, 2.45) is 0 Å². The monoisotopic (exact) mass is 349 g/mol. The molecule has 0 bridgehead atoms. The van der Waals surface area contributed by atoms with E-state index in [0.717, 1.165) is 5.69 Å². The number of hydrogen-bond acceptors (Lipinski definition) is 5. The van der Waals surface area contributed by atoms with Crippen LogP contribution in [0.1, 0.15) is 30.0 Å². The maximum atomic E-state index is 12.6. The van der Waals surface area contributed by atoms with Crippen LogP contribution in [0.15, 0.2) is 30.6 Å². The molecule has 0 aromatic carbocycles. The number of ether oxygens (including phenoxy) is 1. The van der Waals surface area contributed by atoms with Gasteiger partial charge in [0.15, 0.2) is 11.3 Å². The van der Waals surface area contributed by atoms with Gasteiger partial charge in [0.2, 0.25) is 5.88 Å². The first kappa shape index (κ1) is 17.4. The summed E-state index contributed by atoms with van der Waals surface area (Å²) < 4.78 is 6.92. The molecule has 0 aliphatic rings. The lowest BCUT2D eigenvalue weighted by Crippen LogP contribution is -2.42. The van der Waals surface area contributed by atoms with E-state index in [0.29, 0.717) is 22.9 Å². The third-order valence-corrected chi connectivity index (χ3v) is 3.89. The lowest BCUT2D eigenvalue weighted by Gasteiger charge is -2.18. The normalized spacial score (nSPS) is 11.2. The molecule has 3 aromatic heterocycles. The van der Waals surface area contributed by atoms with Gasteiger partial charge in [0.1, 0.15) is 6.33 Å². The van der Waals surface area contributed by atoms with E-state index in [1.807, 2.05) is 25.1 Å². The van der Waals surface area contributed by atoms with Gasteiger partial charge in [0.05, 0.1) is 24.0 Å². The molecule has 3 rings (SSSR count). The highest BCUT2D eigenvalue weighted by atomic mass is 16.5.